The SMILES string of the molecule is C=C(C)c1ccc(CCCCCCc2ccc(/C=C/C(=O)c3ccc(F)cc3)cc2)cc1. The molecule has 0 fully saturated rings. The summed E-state index contributed by atoms with van der Waals surface area (Å²) in [6.07, 6.45) is 10.4. The van der Waals surface area contributed by atoms with Gasteiger partial charge in [0, 0.05) is 5.56 Å². The number of aryl methyl sites for hydroxylation is 2. The molecule has 32 heavy (non-hydrogen) atoms. The summed E-state index contributed by atoms with van der Waals surface area (Å²) in [4.78, 5) is 12.1. The Morgan fingerprint density at radius 2 is 1.25 bits per heavy atom. The van der Waals surface area contributed by atoms with Crippen molar-refractivity contribution in [2.45, 2.75) is 45.4 Å². The second kappa shape index (κ2) is 12.0. The van der Waals surface area contributed by atoms with E-state index in [0.29, 0.717) is 5.56 Å². The maximum absolute atomic E-state index is 13.0. The van der Waals surface area contributed by atoms with Crippen LogP contribution in [0.25, 0.3) is 11.6 Å². The first-order valence-electron chi connectivity index (χ1n) is 11.3. The number of carbonyl (C=O) groups excluding carboxylic acids is 1. The lowest BCUT2D eigenvalue weighted by atomic mass is 10.0. The molecule has 2 heteroatoms. The molecule has 1 nitrogen and oxygen atoms in total. The van der Waals surface area contributed by atoms with Gasteiger partial charge in [-0.3, -0.25) is 4.79 Å². The molecule has 3 rings (SSSR count). The van der Waals surface area contributed by atoms with Gasteiger partial charge in [-0.15, -0.1) is 0 Å². The average Bonchev–Trinajstić information content (AvgIpc) is 2.81. The van der Waals surface area contributed by atoms with Crippen LogP contribution in [0.3, 0.4) is 0 Å². The van der Waals surface area contributed by atoms with Gasteiger partial charge in [-0.1, -0.05) is 79.6 Å². The van der Waals surface area contributed by atoms with Crippen LogP contribution in [-0.2, 0) is 12.8 Å². The fourth-order valence-corrected chi connectivity index (χ4v) is 3.65. The van der Waals surface area contributed by atoms with E-state index in [1.54, 1.807) is 6.08 Å². The van der Waals surface area contributed by atoms with Crippen LogP contribution < -0.4 is 0 Å². The van der Waals surface area contributed by atoms with Crippen LogP contribution in [0, 0.1) is 5.82 Å². The number of unbranched alkanes of at least 4 members (excludes halogenated alkanes) is 3. The molecule has 0 aromatic heterocycles. The van der Waals surface area contributed by atoms with Crippen molar-refractivity contribution in [3.63, 3.8) is 0 Å². The molecule has 0 aliphatic heterocycles. The molecule has 0 aliphatic rings. The number of benzene rings is 3. The summed E-state index contributed by atoms with van der Waals surface area (Å²) in [7, 11) is 0. The van der Waals surface area contributed by atoms with Crippen LogP contribution in [0.2, 0.25) is 0 Å². The maximum atomic E-state index is 13.0. The van der Waals surface area contributed by atoms with E-state index < -0.39 is 0 Å². The molecule has 0 saturated carbocycles. The van der Waals surface area contributed by atoms with Gasteiger partial charge in [0.05, 0.1) is 0 Å². The van der Waals surface area contributed by atoms with Gasteiger partial charge in [0.1, 0.15) is 5.82 Å². The molecule has 0 bridgehead atoms. The number of hydrogen-bond donors (Lipinski definition) is 0. The number of hydrogen-bond acceptors (Lipinski definition) is 1. The highest BCUT2D eigenvalue weighted by molar-refractivity contribution is 6.06. The number of allylic oxidation sites excluding steroid dienone is 2. The lowest BCUT2D eigenvalue weighted by Gasteiger charge is -2.05. The van der Waals surface area contributed by atoms with Crippen LogP contribution in [0.15, 0.2) is 85.5 Å². The molecular formula is C30H31FO. The normalized spacial score (nSPS) is 11.1. The fraction of sp³-hybridized carbons (Fsp3) is 0.233. The summed E-state index contributed by atoms with van der Waals surface area (Å²) in [6, 6.07) is 22.7. The van der Waals surface area contributed by atoms with E-state index in [2.05, 4.69) is 43.0 Å². The van der Waals surface area contributed by atoms with Crippen molar-refractivity contribution in [1.29, 1.82) is 0 Å². The third-order valence-electron chi connectivity index (χ3n) is 5.66. The highest BCUT2D eigenvalue weighted by Crippen LogP contribution is 2.16. The number of halogens is 1. The van der Waals surface area contributed by atoms with Crippen LogP contribution in [0.5, 0.6) is 0 Å². The standard InChI is InChI=1S/C30H31FO/c1-23(2)27-16-13-25(14-17-27)8-6-4-3-5-7-24-9-11-26(12-10-24)15-22-30(32)28-18-20-29(31)21-19-28/h9-22H,1,3-8H2,2H3/b22-15+. The zero-order valence-electron chi connectivity index (χ0n) is 18.8. The topological polar surface area (TPSA) is 17.1 Å². The van der Waals surface area contributed by atoms with Crippen molar-refractivity contribution in [3.05, 3.63) is 119 Å². The molecular weight excluding hydrogens is 395 g/mol. The van der Waals surface area contributed by atoms with Crippen molar-refractivity contribution in [2.24, 2.45) is 0 Å². The third-order valence-corrected chi connectivity index (χ3v) is 5.66. The van der Waals surface area contributed by atoms with Gasteiger partial charge in [0.15, 0.2) is 5.78 Å². The molecule has 0 aliphatic carbocycles. The Kier molecular flexibility index (Phi) is 8.74. The zero-order valence-corrected chi connectivity index (χ0v) is 18.8. The fourth-order valence-electron chi connectivity index (χ4n) is 3.65. The summed E-state index contributed by atoms with van der Waals surface area (Å²) >= 11 is 0. The lowest BCUT2D eigenvalue weighted by molar-refractivity contribution is 0.104. The molecule has 0 N–H and O–H groups in total. The molecule has 0 spiro atoms. The monoisotopic (exact) mass is 426 g/mol. The molecule has 0 atom stereocenters. The average molecular weight is 427 g/mol. The second-order valence-corrected chi connectivity index (χ2v) is 8.34. The molecule has 3 aromatic rings. The first-order chi connectivity index (χ1) is 15.5. The van der Waals surface area contributed by atoms with Crippen LogP contribution >= 0.6 is 0 Å². The Bertz CT molecular complexity index is 1040. The Morgan fingerprint density at radius 1 is 0.750 bits per heavy atom. The van der Waals surface area contributed by atoms with Gasteiger partial charge in [-0.05, 0) is 85.2 Å². The van der Waals surface area contributed by atoms with Crippen molar-refractivity contribution in [2.75, 3.05) is 0 Å². The predicted octanol–water partition coefficient (Wildman–Crippen LogP) is 8.10. The highest BCUT2D eigenvalue weighted by atomic mass is 19.1. The van der Waals surface area contributed by atoms with E-state index in [9.17, 15) is 9.18 Å². The van der Waals surface area contributed by atoms with E-state index >= 15 is 0 Å². The second-order valence-electron chi connectivity index (χ2n) is 8.34. The number of ketones is 1. The predicted molar refractivity (Wildman–Crippen MR) is 133 cm³/mol. The van der Waals surface area contributed by atoms with Crippen LogP contribution in [0.1, 0.15) is 65.2 Å². The largest absolute Gasteiger partial charge is 0.289 e. The van der Waals surface area contributed by atoms with Gasteiger partial charge in [0.2, 0.25) is 0 Å². The van der Waals surface area contributed by atoms with E-state index in [-0.39, 0.29) is 11.6 Å². The number of rotatable bonds is 11. The van der Waals surface area contributed by atoms with Crippen molar-refractivity contribution >= 4 is 17.4 Å². The lowest BCUT2D eigenvalue weighted by Crippen LogP contribution is -1.93. The molecule has 164 valence electrons. The van der Waals surface area contributed by atoms with Crippen molar-refractivity contribution in [3.8, 4) is 0 Å². The quantitative estimate of drug-likeness (QED) is 0.172. The van der Waals surface area contributed by atoms with E-state index in [4.69, 9.17) is 0 Å². The highest BCUT2D eigenvalue weighted by Gasteiger charge is 2.02. The summed E-state index contributed by atoms with van der Waals surface area (Å²) in [5.41, 5.74) is 6.53. The van der Waals surface area contributed by atoms with Crippen LogP contribution in [-0.4, -0.2) is 5.78 Å². The molecule has 3 aromatic carbocycles. The Balaban J connectivity index is 1.35. The Hall–Kier alpha value is -3.26. The summed E-state index contributed by atoms with van der Waals surface area (Å²) in [5.74, 6) is -0.462. The van der Waals surface area contributed by atoms with Crippen molar-refractivity contribution < 1.29 is 9.18 Å². The molecule has 0 unspecified atom stereocenters. The minimum atomic E-state index is -0.338. The third kappa shape index (κ3) is 7.46. The van der Waals surface area contributed by atoms with E-state index in [0.717, 1.165) is 24.0 Å². The van der Waals surface area contributed by atoms with E-state index in [1.807, 2.05) is 19.1 Å². The summed E-state index contributed by atoms with van der Waals surface area (Å²) in [5, 5.41) is 0. The summed E-state index contributed by atoms with van der Waals surface area (Å²) < 4.78 is 13.0. The molecule has 0 heterocycles. The molecule has 0 amide bonds. The first kappa shape index (κ1) is 23.4. The van der Waals surface area contributed by atoms with Crippen LogP contribution in [0.4, 0.5) is 4.39 Å². The van der Waals surface area contributed by atoms with Gasteiger partial charge < -0.3 is 0 Å². The minimum Gasteiger partial charge on any atom is -0.289 e. The molecule has 0 radical (unpaired) electrons. The maximum Gasteiger partial charge on any atom is 0.185 e. The Labute approximate surface area is 191 Å². The molecule has 0 saturated heterocycles. The smallest absolute Gasteiger partial charge is 0.185 e. The van der Waals surface area contributed by atoms with Gasteiger partial charge >= 0.3 is 0 Å². The summed E-state index contributed by atoms with van der Waals surface area (Å²) in [6.45, 7) is 6.02. The van der Waals surface area contributed by atoms with Gasteiger partial charge in [-0.25, -0.2) is 4.39 Å². The minimum absolute atomic E-state index is 0.124. The van der Waals surface area contributed by atoms with Crippen molar-refractivity contribution in [1.82, 2.24) is 0 Å². The zero-order chi connectivity index (χ0) is 22.8. The first-order valence-corrected chi connectivity index (χ1v) is 11.3. The van der Waals surface area contributed by atoms with Gasteiger partial charge in [0.25, 0.3) is 0 Å². The Morgan fingerprint density at radius 3 is 1.78 bits per heavy atom. The number of carbonyl (C=O) groups is 1. The van der Waals surface area contributed by atoms with Gasteiger partial charge in [-0.2, -0.15) is 0 Å². The van der Waals surface area contributed by atoms with E-state index in [1.165, 1.54) is 72.7 Å².